The summed E-state index contributed by atoms with van der Waals surface area (Å²) in [5, 5.41) is 13.4. The summed E-state index contributed by atoms with van der Waals surface area (Å²) in [4.78, 5) is 15.4. The van der Waals surface area contributed by atoms with E-state index in [9.17, 15) is 10.1 Å². The van der Waals surface area contributed by atoms with Gasteiger partial charge in [-0.25, -0.2) is 0 Å². The summed E-state index contributed by atoms with van der Waals surface area (Å²) >= 11 is 5.89. The molecule has 0 aliphatic heterocycles. The number of benzene rings is 2. The molecule has 0 atom stereocenters. The minimum Gasteiger partial charge on any atom is -0.361 e. The van der Waals surface area contributed by atoms with Crippen molar-refractivity contribution < 1.29 is 4.79 Å². The molecule has 112 valence electrons. The van der Waals surface area contributed by atoms with Crippen molar-refractivity contribution in [1.82, 2.24) is 4.98 Å². The number of hydrogen-bond acceptors (Lipinski definition) is 2. The molecule has 3 aromatic rings. The average molecular weight is 322 g/mol. The summed E-state index contributed by atoms with van der Waals surface area (Å²) in [5.41, 5.74) is 2.31. The van der Waals surface area contributed by atoms with E-state index in [0.717, 1.165) is 16.5 Å². The highest BCUT2D eigenvalue weighted by Gasteiger charge is 2.11. The van der Waals surface area contributed by atoms with Crippen LogP contribution in [0.4, 0.5) is 5.69 Å². The number of aromatic nitrogens is 1. The summed E-state index contributed by atoms with van der Waals surface area (Å²) < 4.78 is 0. The number of nitriles is 1. The third-order valence-corrected chi connectivity index (χ3v) is 3.60. The van der Waals surface area contributed by atoms with Gasteiger partial charge in [-0.05, 0) is 30.3 Å². The second kappa shape index (κ2) is 6.39. The van der Waals surface area contributed by atoms with Gasteiger partial charge in [0.2, 0.25) is 0 Å². The molecule has 1 heterocycles. The highest BCUT2D eigenvalue weighted by atomic mass is 35.5. The van der Waals surface area contributed by atoms with Crippen molar-refractivity contribution in [3.8, 4) is 6.07 Å². The lowest BCUT2D eigenvalue weighted by molar-refractivity contribution is -0.112. The van der Waals surface area contributed by atoms with Crippen LogP contribution in [0, 0.1) is 11.3 Å². The molecule has 1 amide bonds. The molecule has 0 saturated carbocycles. The number of hydrogen-bond donors (Lipinski definition) is 2. The van der Waals surface area contributed by atoms with Crippen LogP contribution in [0.5, 0.6) is 0 Å². The zero-order chi connectivity index (χ0) is 16.2. The number of carbonyl (C=O) groups excluding carboxylic acids is 1. The molecule has 5 heteroatoms. The third kappa shape index (κ3) is 3.25. The number of carbonyl (C=O) groups is 1. The van der Waals surface area contributed by atoms with Gasteiger partial charge in [-0.2, -0.15) is 5.26 Å². The topological polar surface area (TPSA) is 68.7 Å². The largest absolute Gasteiger partial charge is 0.361 e. The first-order valence-corrected chi connectivity index (χ1v) is 7.30. The fourth-order valence-corrected chi connectivity index (χ4v) is 2.47. The van der Waals surface area contributed by atoms with Gasteiger partial charge in [-0.15, -0.1) is 0 Å². The van der Waals surface area contributed by atoms with Crippen LogP contribution in [0.15, 0.2) is 60.3 Å². The lowest BCUT2D eigenvalue weighted by atomic mass is 10.1. The molecular weight excluding hydrogens is 310 g/mol. The quantitative estimate of drug-likeness (QED) is 0.555. The highest BCUT2D eigenvalue weighted by molar-refractivity contribution is 6.31. The summed E-state index contributed by atoms with van der Waals surface area (Å²) in [6.45, 7) is 0. The van der Waals surface area contributed by atoms with E-state index >= 15 is 0 Å². The molecule has 3 rings (SSSR count). The first-order chi connectivity index (χ1) is 11.2. The average Bonchev–Trinajstić information content (AvgIpc) is 2.95. The molecule has 0 aliphatic carbocycles. The number of fused-ring (bicyclic) bond motifs is 1. The Labute approximate surface area is 138 Å². The molecule has 0 saturated heterocycles. The van der Waals surface area contributed by atoms with Crippen LogP contribution in [-0.4, -0.2) is 10.9 Å². The molecule has 0 unspecified atom stereocenters. The first-order valence-electron chi connectivity index (χ1n) is 6.92. The fourth-order valence-electron chi connectivity index (χ4n) is 2.28. The summed E-state index contributed by atoms with van der Waals surface area (Å²) in [7, 11) is 0. The second-order valence-corrected chi connectivity index (χ2v) is 5.36. The number of aromatic amines is 1. The number of para-hydroxylation sites is 1. The number of amides is 1. The Bertz CT molecular complexity index is 950. The Morgan fingerprint density at radius 1 is 1.22 bits per heavy atom. The van der Waals surface area contributed by atoms with Gasteiger partial charge in [0.1, 0.15) is 11.6 Å². The molecule has 0 fully saturated rings. The number of halogens is 1. The van der Waals surface area contributed by atoms with Gasteiger partial charge >= 0.3 is 0 Å². The summed E-state index contributed by atoms with van der Waals surface area (Å²) in [5.74, 6) is -0.472. The number of anilines is 1. The predicted octanol–water partition coefficient (Wildman–Crippen LogP) is 4.37. The number of rotatable bonds is 3. The van der Waals surface area contributed by atoms with Crippen molar-refractivity contribution in [3.05, 3.63) is 70.9 Å². The molecule has 2 N–H and O–H groups in total. The van der Waals surface area contributed by atoms with Gasteiger partial charge in [0.05, 0.1) is 0 Å². The van der Waals surface area contributed by atoms with Crippen LogP contribution in [0.25, 0.3) is 17.0 Å². The van der Waals surface area contributed by atoms with Gasteiger partial charge in [0, 0.05) is 33.4 Å². The van der Waals surface area contributed by atoms with Gasteiger partial charge in [-0.1, -0.05) is 35.9 Å². The zero-order valence-electron chi connectivity index (χ0n) is 12.0. The molecule has 0 aliphatic rings. The Kier molecular flexibility index (Phi) is 4.13. The van der Waals surface area contributed by atoms with E-state index in [4.69, 9.17) is 11.6 Å². The van der Waals surface area contributed by atoms with E-state index in [0.29, 0.717) is 10.7 Å². The van der Waals surface area contributed by atoms with Crippen LogP contribution in [0.1, 0.15) is 5.56 Å². The van der Waals surface area contributed by atoms with Crippen molar-refractivity contribution in [3.63, 3.8) is 0 Å². The maximum absolute atomic E-state index is 12.3. The van der Waals surface area contributed by atoms with E-state index in [-0.39, 0.29) is 5.57 Å². The minimum absolute atomic E-state index is 0.0229. The van der Waals surface area contributed by atoms with E-state index < -0.39 is 5.91 Å². The Hall–Kier alpha value is -3.03. The monoisotopic (exact) mass is 321 g/mol. The van der Waals surface area contributed by atoms with Crippen molar-refractivity contribution >= 4 is 40.2 Å². The number of nitrogens with zero attached hydrogens (tertiary/aromatic N) is 1. The van der Waals surface area contributed by atoms with E-state index in [2.05, 4.69) is 10.3 Å². The summed E-state index contributed by atoms with van der Waals surface area (Å²) in [6.07, 6.45) is 3.34. The number of nitrogens with one attached hydrogen (secondary N) is 2. The lowest BCUT2D eigenvalue weighted by Crippen LogP contribution is -2.13. The van der Waals surface area contributed by atoms with Crippen molar-refractivity contribution in [2.45, 2.75) is 0 Å². The second-order valence-electron chi connectivity index (χ2n) is 4.92. The van der Waals surface area contributed by atoms with Crippen LogP contribution in [0.2, 0.25) is 5.02 Å². The standard InChI is InChI=1S/C18H12ClN3O/c19-14-4-3-5-15(9-14)22-18(23)12(10-20)8-13-11-21-17-7-2-1-6-16(13)17/h1-9,11,21H,(H,22,23)/b12-8-. The van der Waals surface area contributed by atoms with Crippen molar-refractivity contribution in [1.29, 1.82) is 5.26 Å². The van der Waals surface area contributed by atoms with Crippen molar-refractivity contribution in [2.24, 2.45) is 0 Å². The van der Waals surface area contributed by atoms with Crippen LogP contribution < -0.4 is 5.32 Å². The molecule has 0 spiro atoms. The van der Waals surface area contributed by atoms with E-state index in [1.807, 2.05) is 30.3 Å². The summed E-state index contributed by atoms with van der Waals surface area (Å²) in [6, 6.07) is 16.4. The predicted molar refractivity (Wildman–Crippen MR) is 92.0 cm³/mol. The highest BCUT2D eigenvalue weighted by Crippen LogP contribution is 2.21. The maximum Gasteiger partial charge on any atom is 0.266 e. The fraction of sp³-hybridized carbons (Fsp3) is 0. The normalized spacial score (nSPS) is 11.2. The van der Waals surface area contributed by atoms with Gasteiger partial charge in [0.15, 0.2) is 0 Å². The van der Waals surface area contributed by atoms with Crippen LogP contribution >= 0.6 is 11.6 Å². The molecule has 1 aromatic heterocycles. The molecule has 0 radical (unpaired) electrons. The maximum atomic E-state index is 12.3. The van der Waals surface area contributed by atoms with Gasteiger partial charge in [0.25, 0.3) is 5.91 Å². The first kappa shape index (κ1) is 14.9. The Morgan fingerprint density at radius 3 is 2.83 bits per heavy atom. The molecule has 2 aromatic carbocycles. The van der Waals surface area contributed by atoms with Gasteiger partial charge in [-0.3, -0.25) is 4.79 Å². The van der Waals surface area contributed by atoms with Crippen LogP contribution in [0.3, 0.4) is 0 Å². The van der Waals surface area contributed by atoms with Gasteiger partial charge < -0.3 is 10.3 Å². The SMILES string of the molecule is N#C/C(=C/c1c[nH]c2ccccc12)C(=O)Nc1cccc(Cl)c1. The van der Waals surface area contributed by atoms with Crippen LogP contribution in [-0.2, 0) is 4.79 Å². The van der Waals surface area contributed by atoms with Crippen molar-refractivity contribution in [2.75, 3.05) is 5.32 Å². The molecule has 23 heavy (non-hydrogen) atoms. The zero-order valence-corrected chi connectivity index (χ0v) is 12.8. The smallest absolute Gasteiger partial charge is 0.266 e. The van der Waals surface area contributed by atoms with E-state index in [1.54, 1.807) is 36.5 Å². The molecule has 0 bridgehead atoms. The Balaban J connectivity index is 1.90. The molecular formula is C18H12ClN3O. The minimum atomic E-state index is -0.472. The molecule has 4 nitrogen and oxygen atoms in total. The lowest BCUT2D eigenvalue weighted by Gasteiger charge is -2.04. The van der Waals surface area contributed by atoms with E-state index in [1.165, 1.54) is 0 Å². The Morgan fingerprint density at radius 2 is 2.04 bits per heavy atom. The third-order valence-electron chi connectivity index (χ3n) is 3.37. The number of H-pyrrole nitrogens is 1.